The molecule has 6 nitrogen and oxygen atoms in total. The normalized spacial score (nSPS) is 10.4. The van der Waals surface area contributed by atoms with Gasteiger partial charge < -0.3 is 9.26 Å². The Morgan fingerprint density at radius 2 is 2.19 bits per heavy atom. The van der Waals surface area contributed by atoms with E-state index in [-0.39, 0.29) is 6.61 Å². The molecule has 84 valence electrons. The second kappa shape index (κ2) is 4.69. The van der Waals surface area contributed by atoms with Gasteiger partial charge in [0.15, 0.2) is 12.4 Å². The molecule has 0 aliphatic heterocycles. The molecule has 0 spiro atoms. The lowest BCUT2D eigenvalue weighted by molar-refractivity contribution is 0.234. The predicted molar refractivity (Wildman–Crippen MR) is 54.8 cm³/mol. The van der Waals surface area contributed by atoms with E-state index in [9.17, 15) is 0 Å². The summed E-state index contributed by atoms with van der Waals surface area (Å²) in [6.07, 6.45) is 3.95. The molecule has 0 N–H and O–H groups in total. The van der Waals surface area contributed by atoms with Crippen LogP contribution >= 0.6 is 0 Å². The molecule has 16 heavy (non-hydrogen) atoms. The molecule has 0 bridgehead atoms. The molecule has 2 rings (SSSR count). The average molecular weight is 220 g/mol. The molecular weight excluding hydrogens is 208 g/mol. The van der Waals surface area contributed by atoms with Gasteiger partial charge in [-0.3, -0.25) is 4.98 Å². The highest BCUT2D eigenvalue weighted by molar-refractivity contribution is 5.06. The van der Waals surface area contributed by atoms with Gasteiger partial charge in [-0.25, -0.2) is 4.98 Å². The number of nitrogens with zero attached hydrogens (tertiary/aromatic N) is 4. The summed E-state index contributed by atoms with van der Waals surface area (Å²) in [7, 11) is 0. The van der Waals surface area contributed by atoms with E-state index in [0.717, 1.165) is 12.1 Å². The van der Waals surface area contributed by atoms with Crippen LogP contribution in [0.3, 0.4) is 0 Å². The SMILES string of the molecule is CCc1noc(COc2cnc(C)cn2)n1. The predicted octanol–water partition coefficient (Wildman–Crippen LogP) is 1.31. The Bertz CT molecular complexity index is 452. The largest absolute Gasteiger partial charge is 0.466 e. The second-order valence-electron chi connectivity index (χ2n) is 3.24. The Morgan fingerprint density at radius 3 is 2.81 bits per heavy atom. The van der Waals surface area contributed by atoms with Crippen LogP contribution in [0.4, 0.5) is 0 Å². The number of hydrogen-bond acceptors (Lipinski definition) is 6. The first-order valence-electron chi connectivity index (χ1n) is 5.01. The van der Waals surface area contributed by atoms with Crippen LogP contribution in [0.5, 0.6) is 5.88 Å². The number of aryl methyl sites for hydroxylation is 2. The molecule has 0 aromatic carbocycles. The third-order valence-electron chi connectivity index (χ3n) is 1.93. The zero-order valence-electron chi connectivity index (χ0n) is 9.17. The van der Waals surface area contributed by atoms with E-state index < -0.39 is 0 Å². The van der Waals surface area contributed by atoms with Crippen LogP contribution in [0.1, 0.15) is 24.3 Å². The van der Waals surface area contributed by atoms with Crippen molar-refractivity contribution in [2.24, 2.45) is 0 Å². The molecule has 0 radical (unpaired) electrons. The summed E-state index contributed by atoms with van der Waals surface area (Å²) >= 11 is 0. The first-order valence-corrected chi connectivity index (χ1v) is 5.01. The van der Waals surface area contributed by atoms with E-state index in [1.165, 1.54) is 0 Å². The number of hydrogen-bond donors (Lipinski definition) is 0. The van der Waals surface area contributed by atoms with E-state index in [0.29, 0.717) is 17.6 Å². The molecule has 6 heteroatoms. The maximum absolute atomic E-state index is 5.34. The van der Waals surface area contributed by atoms with Gasteiger partial charge in [0, 0.05) is 6.42 Å². The lowest BCUT2D eigenvalue weighted by Gasteiger charge is -2.00. The van der Waals surface area contributed by atoms with Crippen LogP contribution in [0.15, 0.2) is 16.9 Å². The first kappa shape index (κ1) is 10.5. The minimum Gasteiger partial charge on any atom is -0.466 e. The number of ether oxygens (including phenoxy) is 1. The summed E-state index contributed by atoms with van der Waals surface area (Å²) in [5.74, 6) is 1.56. The van der Waals surface area contributed by atoms with Crippen molar-refractivity contribution in [3.05, 3.63) is 29.8 Å². The monoisotopic (exact) mass is 220 g/mol. The summed E-state index contributed by atoms with van der Waals surface area (Å²) < 4.78 is 10.3. The van der Waals surface area contributed by atoms with Gasteiger partial charge >= 0.3 is 0 Å². The second-order valence-corrected chi connectivity index (χ2v) is 3.24. The standard InChI is InChI=1S/C10H12N4O2/c1-3-8-13-10(16-14-8)6-15-9-5-11-7(2)4-12-9/h4-5H,3,6H2,1-2H3. The number of rotatable bonds is 4. The topological polar surface area (TPSA) is 73.9 Å². The van der Waals surface area contributed by atoms with E-state index in [1.54, 1.807) is 12.4 Å². The zero-order chi connectivity index (χ0) is 11.4. The molecule has 0 atom stereocenters. The highest BCUT2D eigenvalue weighted by Gasteiger charge is 2.05. The van der Waals surface area contributed by atoms with Gasteiger partial charge in [-0.15, -0.1) is 0 Å². The summed E-state index contributed by atoms with van der Waals surface area (Å²) in [5, 5.41) is 3.76. The van der Waals surface area contributed by atoms with Gasteiger partial charge in [0.2, 0.25) is 5.88 Å². The molecule has 0 aliphatic rings. The lowest BCUT2D eigenvalue weighted by atomic mass is 10.5. The van der Waals surface area contributed by atoms with Gasteiger partial charge in [-0.2, -0.15) is 4.98 Å². The zero-order valence-corrected chi connectivity index (χ0v) is 9.17. The molecule has 2 heterocycles. The first-order chi connectivity index (χ1) is 7.78. The minimum atomic E-state index is 0.213. The summed E-state index contributed by atoms with van der Waals surface area (Å²) in [4.78, 5) is 12.2. The van der Waals surface area contributed by atoms with Crippen molar-refractivity contribution >= 4 is 0 Å². The smallest absolute Gasteiger partial charge is 0.264 e. The maximum Gasteiger partial charge on any atom is 0.264 e. The third-order valence-corrected chi connectivity index (χ3v) is 1.93. The van der Waals surface area contributed by atoms with Crippen molar-refractivity contribution < 1.29 is 9.26 Å². The van der Waals surface area contributed by atoms with Gasteiger partial charge in [-0.1, -0.05) is 12.1 Å². The highest BCUT2D eigenvalue weighted by atomic mass is 16.5. The number of aromatic nitrogens is 4. The van der Waals surface area contributed by atoms with Crippen molar-refractivity contribution in [1.82, 2.24) is 20.1 Å². The van der Waals surface area contributed by atoms with Crippen LogP contribution in [-0.2, 0) is 13.0 Å². The quantitative estimate of drug-likeness (QED) is 0.773. The minimum absolute atomic E-state index is 0.213. The van der Waals surface area contributed by atoms with E-state index in [1.807, 2.05) is 13.8 Å². The molecule has 0 saturated heterocycles. The fourth-order valence-corrected chi connectivity index (χ4v) is 1.08. The van der Waals surface area contributed by atoms with Crippen LogP contribution in [0.25, 0.3) is 0 Å². The van der Waals surface area contributed by atoms with Crippen molar-refractivity contribution in [2.45, 2.75) is 26.9 Å². The van der Waals surface area contributed by atoms with Crippen LogP contribution < -0.4 is 4.74 Å². The molecule has 2 aromatic heterocycles. The van der Waals surface area contributed by atoms with Crippen LogP contribution in [0, 0.1) is 6.92 Å². The molecule has 0 saturated carbocycles. The summed E-state index contributed by atoms with van der Waals surface area (Å²) in [5.41, 5.74) is 0.846. The van der Waals surface area contributed by atoms with E-state index in [2.05, 4.69) is 20.1 Å². The molecule has 0 fully saturated rings. The van der Waals surface area contributed by atoms with Crippen LogP contribution in [-0.4, -0.2) is 20.1 Å². The molecule has 0 amide bonds. The van der Waals surface area contributed by atoms with Crippen molar-refractivity contribution in [3.63, 3.8) is 0 Å². The average Bonchev–Trinajstić information content (AvgIpc) is 2.76. The van der Waals surface area contributed by atoms with Gasteiger partial charge in [0.1, 0.15) is 0 Å². The Morgan fingerprint density at radius 1 is 1.31 bits per heavy atom. The molecule has 0 aliphatic carbocycles. The van der Waals surface area contributed by atoms with E-state index in [4.69, 9.17) is 9.26 Å². The Labute approximate surface area is 92.7 Å². The van der Waals surface area contributed by atoms with Crippen LogP contribution in [0.2, 0.25) is 0 Å². The summed E-state index contributed by atoms with van der Waals surface area (Å²) in [6.45, 7) is 4.04. The van der Waals surface area contributed by atoms with Crippen molar-refractivity contribution in [3.8, 4) is 5.88 Å². The van der Waals surface area contributed by atoms with Gasteiger partial charge in [-0.05, 0) is 6.92 Å². The molecular formula is C10H12N4O2. The molecule has 2 aromatic rings. The Hall–Kier alpha value is -1.98. The molecule has 0 unspecified atom stereocenters. The summed E-state index contributed by atoms with van der Waals surface area (Å²) in [6, 6.07) is 0. The Balaban J connectivity index is 1.94. The van der Waals surface area contributed by atoms with Gasteiger partial charge in [0.25, 0.3) is 5.89 Å². The lowest BCUT2D eigenvalue weighted by Crippen LogP contribution is -1.98. The van der Waals surface area contributed by atoms with Gasteiger partial charge in [0.05, 0.1) is 18.1 Å². The fraction of sp³-hybridized carbons (Fsp3) is 0.400. The third kappa shape index (κ3) is 2.53. The fourth-order valence-electron chi connectivity index (χ4n) is 1.08. The van der Waals surface area contributed by atoms with Crippen molar-refractivity contribution in [1.29, 1.82) is 0 Å². The highest BCUT2D eigenvalue weighted by Crippen LogP contribution is 2.06. The Kier molecular flexibility index (Phi) is 3.09. The maximum atomic E-state index is 5.34. The van der Waals surface area contributed by atoms with Crippen molar-refractivity contribution in [2.75, 3.05) is 0 Å². The van der Waals surface area contributed by atoms with E-state index >= 15 is 0 Å².